The SMILES string of the molecule is C/C(Cl)=C\CON1C(=O)[C@@H]2[C@H]3O[C@H]([C@@H]2C1=O)[C@@H]1[C@@H]3[C@]2(Cl)C(Cl)=C(Cl)[C@]1(Cl)C2(Cl)Cl. The number of halogens is 7. The van der Waals surface area contributed by atoms with Crippen LogP contribution in [-0.4, -0.2) is 49.8 Å². The van der Waals surface area contributed by atoms with Gasteiger partial charge in [0.2, 0.25) is 0 Å². The summed E-state index contributed by atoms with van der Waals surface area (Å²) in [5.41, 5.74) is 0. The minimum Gasteiger partial charge on any atom is -0.373 e. The van der Waals surface area contributed by atoms with Gasteiger partial charge in [-0.1, -0.05) is 58.0 Å². The van der Waals surface area contributed by atoms with Crippen LogP contribution in [0.25, 0.3) is 0 Å². The number of nitrogens with zero attached hydrogens (tertiary/aromatic N) is 1. The molecule has 0 aromatic heterocycles. The van der Waals surface area contributed by atoms with Crippen molar-refractivity contribution < 1.29 is 19.2 Å². The lowest BCUT2D eigenvalue weighted by Gasteiger charge is -2.39. The van der Waals surface area contributed by atoms with E-state index in [0.717, 1.165) is 5.06 Å². The number of carbonyl (C=O) groups excluding carboxylic acids is 2. The van der Waals surface area contributed by atoms with E-state index in [1.165, 1.54) is 6.08 Å². The second-order valence-corrected chi connectivity index (χ2v) is 11.7. The Morgan fingerprint density at radius 3 is 1.90 bits per heavy atom. The van der Waals surface area contributed by atoms with Crippen molar-refractivity contribution in [2.24, 2.45) is 23.7 Å². The molecule has 2 aliphatic carbocycles. The van der Waals surface area contributed by atoms with Crippen LogP contribution in [0.4, 0.5) is 0 Å². The molecular formula is C17H12Cl7NO4. The quantitative estimate of drug-likeness (QED) is 0.389. The summed E-state index contributed by atoms with van der Waals surface area (Å²) in [5, 5.41) is 1.33. The lowest BCUT2D eigenvalue weighted by Crippen LogP contribution is -2.50. The largest absolute Gasteiger partial charge is 0.373 e. The van der Waals surface area contributed by atoms with Gasteiger partial charge in [0.25, 0.3) is 11.8 Å². The number of ether oxygens (including phenoxy) is 1. The van der Waals surface area contributed by atoms with Gasteiger partial charge < -0.3 is 4.74 Å². The molecule has 158 valence electrons. The monoisotopic (exact) mass is 539 g/mol. The first-order valence-corrected chi connectivity index (χ1v) is 11.4. The van der Waals surface area contributed by atoms with Gasteiger partial charge in [-0.3, -0.25) is 14.4 Å². The Balaban J connectivity index is 1.54. The smallest absolute Gasteiger partial charge is 0.260 e. The van der Waals surface area contributed by atoms with E-state index >= 15 is 0 Å². The lowest BCUT2D eigenvalue weighted by atomic mass is 9.65. The Labute approximate surface area is 201 Å². The Kier molecular flexibility index (Phi) is 4.68. The molecule has 2 amide bonds. The zero-order valence-electron chi connectivity index (χ0n) is 14.5. The summed E-state index contributed by atoms with van der Waals surface area (Å²) in [6.07, 6.45) is 0.0362. The number of carbonyl (C=O) groups is 2. The molecule has 4 fully saturated rings. The van der Waals surface area contributed by atoms with Crippen LogP contribution >= 0.6 is 81.2 Å². The molecule has 0 radical (unpaired) electrons. The second kappa shape index (κ2) is 6.33. The first-order valence-electron chi connectivity index (χ1n) is 8.72. The van der Waals surface area contributed by atoms with Crippen LogP contribution in [-0.2, 0) is 19.2 Å². The van der Waals surface area contributed by atoms with Crippen molar-refractivity contribution in [1.29, 1.82) is 0 Å². The third kappa shape index (κ3) is 2.16. The van der Waals surface area contributed by atoms with E-state index in [1.54, 1.807) is 6.92 Å². The van der Waals surface area contributed by atoms with Gasteiger partial charge in [-0.15, -0.1) is 23.2 Å². The first-order chi connectivity index (χ1) is 13.4. The average Bonchev–Trinajstić information content (AvgIpc) is 3.33. The van der Waals surface area contributed by atoms with E-state index in [0.29, 0.717) is 5.03 Å². The highest BCUT2D eigenvalue weighted by Gasteiger charge is 2.90. The summed E-state index contributed by atoms with van der Waals surface area (Å²) >= 11 is 45.6. The summed E-state index contributed by atoms with van der Waals surface area (Å²) in [7, 11) is 0. The van der Waals surface area contributed by atoms with Crippen molar-refractivity contribution in [3.8, 4) is 0 Å². The second-order valence-electron chi connectivity index (χ2n) is 7.85. The molecule has 0 spiro atoms. The van der Waals surface area contributed by atoms with E-state index in [1.807, 2.05) is 0 Å². The van der Waals surface area contributed by atoms with Gasteiger partial charge in [0.15, 0.2) is 4.33 Å². The van der Waals surface area contributed by atoms with Gasteiger partial charge in [-0.2, -0.15) is 5.06 Å². The van der Waals surface area contributed by atoms with E-state index in [4.69, 9.17) is 90.8 Å². The van der Waals surface area contributed by atoms with Crippen molar-refractivity contribution >= 4 is 93.0 Å². The number of alkyl halides is 4. The van der Waals surface area contributed by atoms with Crippen LogP contribution in [0, 0.1) is 23.7 Å². The topological polar surface area (TPSA) is 55.8 Å². The van der Waals surface area contributed by atoms with Gasteiger partial charge in [0.05, 0.1) is 40.7 Å². The van der Waals surface area contributed by atoms with Crippen LogP contribution in [0.1, 0.15) is 6.92 Å². The molecule has 5 rings (SSSR count). The highest BCUT2D eigenvalue weighted by molar-refractivity contribution is 6.65. The molecule has 12 heteroatoms. The average molecular weight is 542 g/mol. The van der Waals surface area contributed by atoms with Gasteiger partial charge in [0, 0.05) is 16.9 Å². The van der Waals surface area contributed by atoms with Crippen molar-refractivity contribution in [2.75, 3.05) is 6.61 Å². The third-order valence-electron chi connectivity index (χ3n) is 6.71. The number of hydrogen-bond acceptors (Lipinski definition) is 4. The molecule has 5 aliphatic rings. The molecule has 3 heterocycles. The molecule has 0 aromatic rings. The molecule has 5 nitrogen and oxygen atoms in total. The molecule has 1 saturated carbocycles. The van der Waals surface area contributed by atoms with E-state index < -0.39 is 61.8 Å². The summed E-state index contributed by atoms with van der Waals surface area (Å²) in [6.45, 7) is 1.63. The van der Waals surface area contributed by atoms with Gasteiger partial charge in [0.1, 0.15) is 9.75 Å². The Morgan fingerprint density at radius 2 is 1.48 bits per heavy atom. The number of fused-ring (bicyclic) bond motifs is 12. The zero-order valence-corrected chi connectivity index (χ0v) is 19.8. The molecule has 0 aromatic carbocycles. The van der Waals surface area contributed by atoms with Crippen LogP contribution in [0.2, 0.25) is 0 Å². The van der Waals surface area contributed by atoms with Crippen molar-refractivity contribution in [3.63, 3.8) is 0 Å². The minimum absolute atomic E-state index is 0.0279. The number of hydrogen-bond donors (Lipinski definition) is 0. The highest BCUT2D eigenvalue weighted by Crippen LogP contribution is 2.81. The van der Waals surface area contributed by atoms with Crippen molar-refractivity contribution in [1.82, 2.24) is 5.06 Å². The normalized spacial score (nSPS) is 49.5. The summed E-state index contributed by atoms with van der Waals surface area (Å²) in [5.74, 6) is -3.81. The fourth-order valence-electron chi connectivity index (χ4n) is 5.62. The molecule has 8 atom stereocenters. The first kappa shape index (κ1) is 21.4. The molecule has 0 N–H and O–H groups in total. The van der Waals surface area contributed by atoms with E-state index in [2.05, 4.69) is 0 Å². The zero-order chi connectivity index (χ0) is 21.3. The van der Waals surface area contributed by atoms with Crippen LogP contribution in [0.5, 0.6) is 0 Å². The molecule has 4 bridgehead atoms. The lowest BCUT2D eigenvalue weighted by molar-refractivity contribution is -0.189. The fourth-order valence-corrected chi connectivity index (χ4v) is 8.75. The Bertz CT molecular complexity index is 859. The summed E-state index contributed by atoms with van der Waals surface area (Å²) < 4.78 is 4.31. The van der Waals surface area contributed by atoms with E-state index in [9.17, 15) is 9.59 Å². The summed E-state index contributed by atoms with van der Waals surface area (Å²) in [6, 6.07) is 0. The van der Waals surface area contributed by atoms with Crippen LogP contribution in [0.3, 0.4) is 0 Å². The Hall–Kier alpha value is 0.570. The highest BCUT2D eigenvalue weighted by atomic mass is 35.5. The predicted molar refractivity (Wildman–Crippen MR) is 110 cm³/mol. The third-order valence-corrected chi connectivity index (χ3v) is 11.2. The number of rotatable bonds is 3. The maximum absolute atomic E-state index is 13.0. The number of imide groups is 1. The van der Waals surface area contributed by atoms with Gasteiger partial charge in [-0.25, -0.2) is 0 Å². The van der Waals surface area contributed by atoms with Gasteiger partial charge in [-0.05, 0) is 13.0 Å². The molecule has 29 heavy (non-hydrogen) atoms. The number of amides is 2. The van der Waals surface area contributed by atoms with Crippen molar-refractivity contribution in [2.45, 2.75) is 33.2 Å². The molecule has 0 unspecified atom stereocenters. The van der Waals surface area contributed by atoms with Gasteiger partial charge >= 0.3 is 0 Å². The predicted octanol–water partition coefficient (Wildman–Crippen LogP) is 4.52. The number of hydroxylamine groups is 2. The van der Waals surface area contributed by atoms with Crippen molar-refractivity contribution in [3.05, 3.63) is 21.2 Å². The maximum atomic E-state index is 13.0. The van der Waals surface area contributed by atoms with E-state index in [-0.39, 0.29) is 16.7 Å². The molecule has 3 saturated heterocycles. The molecule has 3 aliphatic heterocycles. The van der Waals surface area contributed by atoms with Crippen LogP contribution in [0.15, 0.2) is 21.2 Å². The molecular weight excluding hydrogens is 530 g/mol. The maximum Gasteiger partial charge on any atom is 0.260 e. The minimum atomic E-state index is -1.74. The Morgan fingerprint density at radius 1 is 1.03 bits per heavy atom. The summed E-state index contributed by atoms with van der Waals surface area (Å²) in [4.78, 5) is 28.2. The number of allylic oxidation sites excluding steroid dienone is 3. The van der Waals surface area contributed by atoms with Crippen LogP contribution < -0.4 is 0 Å². The standard InChI is InChI=1S/C17H12Cl7NO4/c1-4(18)2-3-28-25-13(26)5-6(14(25)27)10-8-7(9(5)29-10)15(21)11(19)12(20)16(8,22)17(15,23)24/h2,5-10H,3H2,1H3/b4-2+/t5-,6+,7-,8-,9+,10+,15-,16-/m0/s1. The fraction of sp³-hybridized carbons (Fsp3) is 0.647.